The number of nitrogens with one attached hydrogen (secondary N) is 2. The number of aryl methyl sites for hydroxylation is 1. The van der Waals surface area contributed by atoms with Crippen LogP contribution in [0.5, 0.6) is 17.2 Å². The van der Waals surface area contributed by atoms with E-state index in [4.69, 9.17) is 14.2 Å². The molecule has 9 nitrogen and oxygen atoms in total. The van der Waals surface area contributed by atoms with Crippen molar-refractivity contribution in [2.75, 3.05) is 25.8 Å². The molecule has 0 atom stereocenters. The van der Waals surface area contributed by atoms with Gasteiger partial charge in [0.2, 0.25) is 18.4 Å². The Kier molecular flexibility index (Phi) is 5.01. The van der Waals surface area contributed by atoms with Gasteiger partial charge in [-0.15, -0.1) is 0 Å². The van der Waals surface area contributed by atoms with Gasteiger partial charge < -0.3 is 24.8 Å². The fourth-order valence-electron chi connectivity index (χ4n) is 3.10. The Balaban J connectivity index is 1.48. The van der Waals surface area contributed by atoms with Crippen LogP contribution in [0.25, 0.3) is 6.08 Å². The van der Waals surface area contributed by atoms with Crippen molar-refractivity contribution in [3.05, 3.63) is 53.2 Å². The predicted octanol–water partition coefficient (Wildman–Crippen LogP) is 2.26. The lowest BCUT2D eigenvalue weighted by atomic mass is 10.1. The molecule has 0 radical (unpaired) electrons. The van der Waals surface area contributed by atoms with Crippen LogP contribution in [0.15, 0.2) is 42.1 Å². The summed E-state index contributed by atoms with van der Waals surface area (Å²) in [4.78, 5) is 38.0. The summed E-state index contributed by atoms with van der Waals surface area (Å²) in [5.74, 6) is 0.329. The van der Waals surface area contributed by atoms with E-state index in [2.05, 4.69) is 10.6 Å². The molecule has 0 aromatic heterocycles. The molecule has 2 N–H and O–H groups in total. The molecule has 2 heterocycles. The minimum atomic E-state index is -0.669. The summed E-state index contributed by atoms with van der Waals surface area (Å²) >= 11 is 0. The van der Waals surface area contributed by atoms with E-state index >= 15 is 0 Å². The molecule has 30 heavy (non-hydrogen) atoms. The third-order valence-corrected chi connectivity index (χ3v) is 4.59. The van der Waals surface area contributed by atoms with E-state index in [9.17, 15) is 14.4 Å². The van der Waals surface area contributed by atoms with Gasteiger partial charge in [0.05, 0.1) is 7.11 Å². The number of nitrogens with zero attached hydrogens (tertiary/aromatic N) is 1. The molecule has 4 amide bonds. The zero-order chi connectivity index (χ0) is 21.3. The van der Waals surface area contributed by atoms with Crippen molar-refractivity contribution in [3.8, 4) is 17.2 Å². The molecule has 2 aromatic rings. The smallest absolute Gasteiger partial charge is 0.329 e. The quantitative estimate of drug-likeness (QED) is 0.580. The summed E-state index contributed by atoms with van der Waals surface area (Å²) in [7, 11) is 1.49. The minimum Gasteiger partial charge on any atom is -0.493 e. The second kappa shape index (κ2) is 7.78. The summed E-state index contributed by atoms with van der Waals surface area (Å²) in [6, 6.07) is 9.86. The molecule has 2 aliphatic heterocycles. The van der Waals surface area contributed by atoms with E-state index < -0.39 is 24.4 Å². The van der Waals surface area contributed by atoms with Crippen LogP contribution in [0.2, 0.25) is 0 Å². The van der Waals surface area contributed by atoms with E-state index in [1.165, 1.54) is 13.2 Å². The Morgan fingerprint density at radius 2 is 2.00 bits per heavy atom. The molecule has 1 fully saturated rings. The number of carbonyl (C=O) groups excluding carboxylic acids is 3. The number of benzene rings is 2. The van der Waals surface area contributed by atoms with Crippen LogP contribution >= 0.6 is 0 Å². The fourth-order valence-corrected chi connectivity index (χ4v) is 3.10. The number of rotatable bonds is 5. The maximum Gasteiger partial charge on any atom is 0.329 e. The third-order valence-electron chi connectivity index (χ3n) is 4.59. The van der Waals surface area contributed by atoms with Crippen LogP contribution in [0, 0.1) is 6.92 Å². The van der Waals surface area contributed by atoms with Crippen molar-refractivity contribution in [1.29, 1.82) is 0 Å². The van der Waals surface area contributed by atoms with Crippen molar-refractivity contribution in [2.45, 2.75) is 6.92 Å². The molecular formula is C21H19N3O6. The summed E-state index contributed by atoms with van der Waals surface area (Å²) in [6.07, 6.45) is 1.49. The van der Waals surface area contributed by atoms with Gasteiger partial charge in [0.25, 0.3) is 5.91 Å². The Labute approximate surface area is 172 Å². The summed E-state index contributed by atoms with van der Waals surface area (Å²) < 4.78 is 16.0. The second-order valence-electron chi connectivity index (χ2n) is 6.75. The summed E-state index contributed by atoms with van der Waals surface area (Å²) in [5, 5.41) is 5.16. The summed E-state index contributed by atoms with van der Waals surface area (Å²) in [5.41, 5.74) is 2.26. The maximum absolute atomic E-state index is 12.6. The summed E-state index contributed by atoms with van der Waals surface area (Å²) in [6.45, 7) is 1.61. The number of ether oxygens (including phenoxy) is 3. The SMILES string of the molecule is COc1cc(/C=C2/NC(=O)N(CC(=O)Nc3ccc(C)cc3)C2=O)cc2c1OCO2. The van der Waals surface area contributed by atoms with Gasteiger partial charge in [0, 0.05) is 5.69 Å². The minimum absolute atomic E-state index is 0.0454. The van der Waals surface area contributed by atoms with Gasteiger partial charge in [0.15, 0.2) is 11.5 Å². The fraction of sp³-hybridized carbons (Fsp3) is 0.190. The van der Waals surface area contributed by atoms with Gasteiger partial charge >= 0.3 is 6.03 Å². The van der Waals surface area contributed by atoms with E-state index in [0.29, 0.717) is 28.5 Å². The predicted molar refractivity (Wildman–Crippen MR) is 107 cm³/mol. The molecule has 0 spiro atoms. The monoisotopic (exact) mass is 409 g/mol. The van der Waals surface area contributed by atoms with Crippen LogP contribution in [0.4, 0.5) is 10.5 Å². The van der Waals surface area contributed by atoms with Crippen molar-refractivity contribution in [1.82, 2.24) is 10.2 Å². The first-order valence-electron chi connectivity index (χ1n) is 9.13. The number of hydrogen-bond acceptors (Lipinski definition) is 6. The molecule has 1 saturated heterocycles. The number of urea groups is 1. The van der Waals surface area contributed by atoms with Gasteiger partial charge in [-0.2, -0.15) is 0 Å². The highest BCUT2D eigenvalue weighted by Crippen LogP contribution is 2.42. The zero-order valence-corrected chi connectivity index (χ0v) is 16.4. The van der Waals surface area contributed by atoms with Gasteiger partial charge in [-0.1, -0.05) is 17.7 Å². The van der Waals surface area contributed by atoms with E-state index in [-0.39, 0.29) is 12.5 Å². The standard InChI is InChI=1S/C21H19N3O6/c1-12-3-5-14(6-4-12)22-18(25)10-24-20(26)15(23-21(24)27)7-13-8-16(28-2)19-17(9-13)29-11-30-19/h3-9H,10-11H2,1-2H3,(H,22,25)(H,23,27)/b15-7+. The lowest BCUT2D eigenvalue weighted by Gasteiger charge is -2.12. The molecule has 9 heteroatoms. The van der Waals surface area contributed by atoms with Crippen molar-refractivity contribution < 1.29 is 28.6 Å². The normalized spacial score (nSPS) is 16.1. The molecule has 0 bridgehead atoms. The van der Waals surface area contributed by atoms with Crippen molar-refractivity contribution >= 4 is 29.6 Å². The zero-order valence-electron chi connectivity index (χ0n) is 16.4. The number of methoxy groups -OCH3 is 1. The number of fused-ring (bicyclic) bond motifs is 1. The first-order chi connectivity index (χ1) is 14.4. The Bertz CT molecular complexity index is 1060. The largest absolute Gasteiger partial charge is 0.493 e. The Morgan fingerprint density at radius 1 is 1.23 bits per heavy atom. The van der Waals surface area contributed by atoms with Crippen molar-refractivity contribution in [3.63, 3.8) is 0 Å². The molecular weight excluding hydrogens is 390 g/mol. The first kappa shape index (κ1) is 19.3. The van der Waals surface area contributed by atoms with Gasteiger partial charge in [-0.3, -0.25) is 9.59 Å². The van der Waals surface area contributed by atoms with Crippen LogP contribution in [-0.4, -0.2) is 43.2 Å². The molecule has 2 aromatic carbocycles. The highest BCUT2D eigenvalue weighted by atomic mass is 16.7. The van der Waals surface area contributed by atoms with Crippen LogP contribution < -0.4 is 24.8 Å². The van der Waals surface area contributed by atoms with Gasteiger partial charge in [0.1, 0.15) is 12.2 Å². The molecule has 0 aliphatic carbocycles. The van der Waals surface area contributed by atoms with Crippen LogP contribution in [0.3, 0.4) is 0 Å². The number of imide groups is 1. The molecule has 0 saturated carbocycles. The number of anilines is 1. The highest BCUT2D eigenvalue weighted by Gasteiger charge is 2.35. The van der Waals surface area contributed by atoms with Crippen LogP contribution in [-0.2, 0) is 9.59 Å². The highest BCUT2D eigenvalue weighted by molar-refractivity contribution is 6.16. The van der Waals surface area contributed by atoms with E-state index in [1.54, 1.807) is 24.3 Å². The lowest BCUT2D eigenvalue weighted by molar-refractivity contribution is -0.127. The van der Waals surface area contributed by atoms with Crippen molar-refractivity contribution in [2.24, 2.45) is 0 Å². The third kappa shape index (κ3) is 3.77. The number of carbonyl (C=O) groups is 3. The maximum atomic E-state index is 12.6. The van der Waals surface area contributed by atoms with E-state index in [1.807, 2.05) is 19.1 Å². The number of amides is 4. The molecule has 2 aliphatic rings. The average Bonchev–Trinajstić information content (AvgIpc) is 3.29. The average molecular weight is 409 g/mol. The van der Waals surface area contributed by atoms with Gasteiger partial charge in [-0.05, 0) is 42.8 Å². The Hall–Kier alpha value is -4.01. The van der Waals surface area contributed by atoms with Crippen LogP contribution in [0.1, 0.15) is 11.1 Å². The topological polar surface area (TPSA) is 106 Å². The first-order valence-corrected chi connectivity index (χ1v) is 9.13. The molecule has 4 rings (SSSR count). The Morgan fingerprint density at radius 3 is 2.73 bits per heavy atom. The second-order valence-corrected chi connectivity index (χ2v) is 6.75. The lowest BCUT2D eigenvalue weighted by Crippen LogP contribution is -2.38. The molecule has 0 unspecified atom stereocenters. The van der Waals surface area contributed by atoms with Gasteiger partial charge in [-0.25, -0.2) is 9.69 Å². The number of hydrogen-bond donors (Lipinski definition) is 2. The molecule has 154 valence electrons. The van der Waals surface area contributed by atoms with E-state index in [0.717, 1.165) is 10.5 Å².